The molecule has 4 rings (SSSR count). The molecule has 1 N–H and O–H groups in total. The molecule has 1 aromatic carbocycles. The van der Waals surface area contributed by atoms with Gasteiger partial charge in [-0.25, -0.2) is 0 Å². The van der Waals surface area contributed by atoms with E-state index in [0.717, 1.165) is 55.7 Å². The lowest BCUT2D eigenvalue weighted by Crippen LogP contribution is -2.44. The van der Waals surface area contributed by atoms with Crippen molar-refractivity contribution in [3.05, 3.63) is 40.9 Å². The Bertz CT molecular complexity index is 706. The van der Waals surface area contributed by atoms with Gasteiger partial charge in [0.15, 0.2) is 0 Å². The molecule has 2 aliphatic heterocycles. The van der Waals surface area contributed by atoms with Crippen molar-refractivity contribution in [3.8, 4) is 0 Å². The molecular formula is C21H30N4OS. The van der Waals surface area contributed by atoms with Gasteiger partial charge in [0.1, 0.15) is 5.01 Å². The topological polar surface area (TPSA) is 52.5 Å². The number of likely N-dealkylation sites (tertiary alicyclic amines) is 1. The van der Waals surface area contributed by atoms with Gasteiger partial charge in [0.05, 0.1) is 6.10 Å². The van der Waals surface area contributed by atoms with E-state index in [1.165, 1.54) is 18.4 Å². The summed E-state index contributed by atoms with van der Waals surface area (Å²) in [6.07, 6.45) is 4.27. The standard InChI is InChI=1S/C21H30N4OS/c1-16-22-23-21(27-16)25-13-9-19(10-14-25)20(26)15-24-11-7-18(8-12-24)17-5-3-2-4-6-17/h2-6,18-20,26H,7-15H2,1H3. The Hall–Kier alpha value is -1.50. The van der Waals surface area contributed by atoms with Crippen LogP contribution in [0.1, 0.15) is 42.2 Å². The van der Waals surface area contributed by atoms with Crippen molar-refractivity contribution >= 4 is 16.5 Å². The second kappa shape index (κ2) is 8.67. The van der Waals surface area contributed by atoms with Gasteiger partial charge >= 0.3 is 0 Å². The summed E-state index contributed by atoms with van der Waals surface area (Å²) >= 11 is 1.66. The normalized spacial score (nSPS) is 21.5. The highest BCUT2D eigenvalue weighted by atomic mass is 32.1. The first kappa shape index (κ1) is 18.8. The molecule has 0 radical (unpaired) electrons. The molecule has 2 aromatic rings. The van der Waals surface area contributed by atoms with E-state index in [-0.39, 0.29) is 6.10 Å². The number of benzene rings is 1. The molecule has 0 spiro atoms. The Balaban J connectivity index is 1.22. The highest BCUT2D eigenvalue weighted by molar-refractivity contribution is 7.15. The average molecular weight is 387 g/mol. The Morgan fingerprint density at radius 3 is 2.37 bits per heavy atom. The Morgan fingerprint density at radius 2 is 1.74 bits per heavy atom. The first-order chi connectivity index (χ1) is 13.2. The number of rotatable bonds is 5. The van der Waals surface area contributed by atoms with Crippen LogP contribution in [-0.2, 0) is 0 Å². The van der Waals surface area contributed by atoms with Crippen molar-refractivity contribution in [1.29, 1.82) is 0 Å². The molecule has 3 heterocycles. The van der Waals surface area contributed by atoms with Gasteiger partial charge in [-0.2, -0.15) is 0 Å². The van der Waals surface area contributed by atoms with E-state index in [2.05, 4.69) is 50.3 Å². The number of aliphatic hydroxyl groups excluding tert-OH is 1. The van der Waals surface area contributed by atoms with Gasteiger partial charge in [-0.1, -0.05) is 41.7 Å². The van der Waals surface area contributed by atoms with Crippen LogP contribution in [0.15, 0.2) is 30.3 Å². The summed E-state index contributed by atoms with van der Waals surface area (Å²) in [4.78, 5) is 4.78. The molecular weight excluding hydrogens is 356 g/mol. The quantitative estimate of drug-likeness (QED) is 0.854. The number of anilines is 1. The predicted molar refractivity (Wildman–Crippen MR) is 110 cm³/mol. The molecule has 6 heteroatoms. The Morgan fingerprint density at radius 1 is 1.04 bits per heavy atom. The molecule has 1 aromatic heterocycles. The fourth-order valence-corrected chi connectivity index (χ4v) is 5.22. The van der Waals surface area contributed by atoms with E-state index >= 15 is 0 Å². The number of hydrogen-bond acceptors (Lipinski definition) is 6. The second-order valence-electron chi connectivity index (χ2n) is 7.98. The minimum Gasteiger partial charge on any atom is -0.392 e. The fourth-order valence-electron chi connectivity index (χ4n) is 4.48. The van der Waals surface area contributed by atoms with Crippen LogP contribution < -0.4 is 4.90 Å². The van der Waals surface area contributed by atoms with Gasteiger partial charge in [-0.15, -0.1) is 10.2 Å². The zero-order valence-electron chi connectivity index (χ0n) is 16.1. The third kappa shape index (κ3) is 4.68. The summed E-state index contributed by atoms with van der Waals surface area (Å²) in [7, 11) is 0. The van der Waals surface area contributed by atoms with Crippen molar-refractivity contribution in [2.75, 3.05) is 37.6 Å². The zero-order chi connectivity index (χ0) is 18.6. The first-order valence-corrected chi connectivity index (χ1v) is 11.0. The van der Waals surface area contributed by atoms with Gasteiger partial charge in [0, 0.05) is 19.6 Å². The number of aliphatic hydroxyl groups is 1. The summed E-state index contributed by atoms with van der Waals surface area (Å²) in [6, 6.07) is 10.9. The highest BCUT2D eigenvalue weighted by Crippen LogP contribution is 2.30. The van der Waals surface area contributed by atoms with E-state index in [1.54, 1.807) is 11.3 Å². The summed E-state index contributed by atoms with van der Waals surface area (Å²) in [5.41, 5.74) is 1.47. The van der Waals surface area contributed by atoms with Gasteiger partial charge in [0.25, 0.3) is 0 Å². The van der Waals surface area contributed by atoms with Gasteiger partial charge in [-0.05, 0) is 63.1 Å². The molecule has 146 valence electrons. The molecule has 0 aliphatic carbocycles. The molecule has 2 fully saturated rings. The molecule has 0 bridgehead atoms. The largest absolute Gasteiger partial charge is 0.392 e. The van der Waals surface area contributed by atoms with Gasteiger partial charge in [-0.3, -0.25) is 0 Å². The van der Waals surface area contributed by atoms with Crippen LogP contribution in [0.3, 0.4) is 0 Å². The van der Waals surface area contributed by atoms with Gasteiger partial charge < -0.3 is 14.9 Å². The van der Waals surface area contributed by atoms with E-state index in [4.69, 9.17) is 0 Å². The SMILES string of the molecule is Cc1nnc(N2CCC(C(O)CN3CCC(c4ccccc4)CC3)CC2)s1. The smallest absolute Gasteiger partial charge is 0.208 e. The molecule has 1 unspecified atom stereocenters. The molecule has 5 nitrogen and oxygen atoms in total. The van der Waals surface area contributed by atoms with Crippen LogP contribution in [0, 0.1) is 12.8 Å². The lowest BCUT2D eigenvalue weighted by Gasteiger charge is -2.38. The lowest BCUT2D eigenvalue weighted by molar-refractivity contribution is 0.0450. The maximum absolute atomic E-state index is 10.8. The van der Waals surface area contributed by atoms with Crippen LogP contribution in [0.4, 0.5) is 5.13 Å². The third-order valence-electron chi connectivity index (χ3n) is 6.17. The summed E-state index contributed by atoms with van der Waals surface area (Å²) < 4.78 is 0. The molecule has 2 saturated heterocycles. The highest BCUT2D eigenvalue weighted by Gasteiger charge is 2.29. The Kier molecular flexibility index (Phi) is 6.05. The number of nitrogens with zero attached hydrogens (tertiary/aromatic N) is 4. The lowest BCUT2D eigenvalue weighted by atomic mass is 9.88. The predicted octanol–water partition coefficient (Wildman–Crippen LogP) is 3.30. The number of β-amino-alcohol motifs (C(OH)–C–C–N with tert-alkyl or cyclic N) is 1. The van der Waals surface area contributed by atoms with Crippen LogP contribution in [0.25, 0.3) is 0 Å². The van der Waals surface area contributed by atoms with Gasteiger partial charge in [0.2, 0.25) is 5.13 Å². The van der Waals surface area contributed by atoms with E-state index in [0.29, 0.717) is 11.8 Å². The second-order valence-corrected chi connectivity index (χ2v) is 9.14. The van der Waals surface area contributed by atoms with Crippen LogP contribution in [-0.4, -0.2) is 59.0 Å². The van der Waals surface area contributed by atoms with Crippen molar-refractivity contribution in [2.24, 2.45) is 5.92 Å². The van der Waals surface area contributed by atoms with Crippen molar-refractivity contribution in [3.63, 3.8) is 0 Å². The monoisotopic (exact) mass is 386 g/mol. The van der Waals surface area contributed by atoms with E-state index in [9.17, 15) is 5.11 Å². The average Bonchev–Trinajstić information content (AvgIpc) is 3.16. The molecule has 27 heavy (non-hydrogen) atoms. The number of piperidine rings is 2. The summed E-state index contributed by atoms with van der Waals surface area (Å²) in [6.45, 7) is 6.97. The van der Waals surface area contributed by atoms with Crippen LogP contribution in [0.2, 0.25) is 0 Å². The Labute approximate surface area is 166 Å². The maximum Gasteiger partial charge on any atom is 0.208 e. The first-order valence-electron chi connectivity index (χ1n) is 10.2. The van der Waals surface area contributed by atoms with Crippen LogP contribution in [0.5, 0.6) is 0 Å². The third-order valence-corrected chi connectivity index (χ3v) is 7.07. The number of aromatic nitrogens is 2. The van der Waals surface area contributed by atoms with Crippen LogP contribution >= 0.6 is 11.3 Å². The van der Waals surface area contributed by atoms with Crippen molar-refractivity contribution < 1.29 is 5.11 Å². The summed E-state index contributed by atoms with van der Waals surface area (Å²) in [5.74, 6) is 1.08. The maximum atomic E-state index is 10.8. The van der Waals surface area contributed by atoms with Crippen molar-refractivity contribution in [1.82, 2.24) is 15.1 Å². The molecule has 2 aliphatic rings. The van der Waals surface area contributed by atoms with Crippen molar-refractivity contribution in [2.45, 2.75) is 44.6 Å². The fraction of sp³-hybridized carbons (Fsp3) is 0.619. The summed E-state index contributed by atoms with van der Waals surface area (Å²) in [5, 5.41) is 21.2. The molecule has 0 saturated carbocycles. The number of hydrogen-bond donors (Lipinski definition) is 1. The van der Waals surface area contributed by atoms with E-state index in [1.807, 2.05) is 6.92 Å². The number of aryl methyl sites for hydroxylation is 1. The molecule has 1 atom stereocenters. The molecule has 0 amide bonds. The minimum absolute atomic E-state index is 0.211. The zero-order valence-corrected chi connectivity index (χ0v) is 16.9. The van der Waals surface area contributed by atoms with E-state index < -0.39 is 0 Å². The minimum atomic E-state index is -0.211.